The molecule has 0 rings (SSSR count). The molecule has 29 heavy (non-hydrogen) atoms. The highest BCUT2D eigenvalue weighted by Crippen LogP contribution is 2.05. The highest BCUT2D eigenvalue weighted by Gasteiger charge is 2.29. The maximum absolute atomic E-state index is 12.6. The van der Waals surface area contributed by atoms with E-state index in [0.717, 1.165) is 0 Å². The zero-order valence-corrected chi connectivity index (χ0v) is 17.7. The Balaban J connectivity index is 5.15. The molecule has 9 N–H and O–H groups in total. The van der Waals surface area contributed by atoms with Crippen LogP contribution in [0.25, 0.3) is 0 Å². The molecule has 4 atom stereocenters. The molecule has 0 aliphatic heterocycles. The van der Waals surface area contributed by atoms with Crippen LogP contribution in [0.2, 0.25) is 0 Å². The highest BCUT2D eigenvalue weighted by atomic mass is 32.1. The average molecular weight is 436 g/mol. The van der Waals surface area contributed by atoms with E-state index in [1.807, 2.05) is 0 Å². The number of aliphatic hydroxyl groups is 1. The number of carbonyl (C=O) groups is 4. The number of carboxylic acid groups (broad SMARTS) is 1. The van der Waals surface area contributed by atoms with Crippen LogP contribution in [0.15, 0.2) is 0 Å². The Hall–Kier alpha value is -1.89. The smallest absolute Gasteiger partial charge is 0.327 e. The standard InChI is InChI=1S/C17H33N5O6S/c1-9(2)13(19)16(26)20-10(5-3-4-6-18)14(24)21-11(7-23)15(25)22-12(8-29)17(27)28/h9-13,23,29H,3-8,18-19H2,1-2H3,(H,20,26)(H,21,24)(H,22,25)(H,27,28). The molecule has 0 saturated heterocycles. The van der Waals surface area contributed by atoms with Crippen LogP contribution in [0, 0.1) is 5.92 Å². The van der Waals surface area contributed by atoms with E-state index >= 15 is 0 Å². The number of aliphatic hydroxyl groups excluding tert-OH is 1. The maximum Gasteiger partial charge on any atom is 0.327 e. The summed E-state index contributed by atoms with van der Waals surface area (Å²) in [6.07, 6.45) is 1.43. The molecule has 0 heterocycles. The van der Waals surface area contributed by atoms with E-state index in [-0.39, 0.29) is 18.1 Å². The van der Waals surface area contributed by atoms with E-state index in [0.29, 0.717) is 19.4 Å². The van der Waals surface area contributed by atoms with Gasteiger partial charge < -0.3 is 37.6 Å². The molecule has 0 saturated carbocycles. The number of amides is 3. The number of aliphatic carboxylic acids is 1. The van der Waals surface area contributed by atoms with Gasteiger partial charge in [0.2, 0.25) is 17.7 Å². The molecule has 3 amide bonds. The third kappa shape index (κ3) is 9.92. The molecule has 0 spiro atoms. The minimum atomic E-state index is -1.39. The van der Waals surface area contributed by atoms with E-state index in [1.54, 1.807) is 13.8 Å². The number of nitrogens with one attached hydrogen (secondary N) is 3. The van der Waals surface area contributed by atoms with Crippen molar-refractivity contribution < 1.29 is 29.4 Å². The van der Waals surface area contributed by atoms with Gasteiger partial charge in [0.15, 0.2) is 0 Å². The van der Waals surface area contributed by atoms with Gasteiger partial charge >= 0.3 is 5.97 Å². The summed E-state index contributed by atoms with van der Waals surface area (Å²) in [5, 5.41) is 25.5. The van der Waals surface area contributed by atoms with Gasteiger partial charge in [0.1, 0.15) is 18.1 Å². The van der Waals surface area contributed by atoms with Gasteiger partial charge in [-0.3, -0.25) is 14.4 Å². The van der Waals surface area contributed by atoms with Gasteiger partial charge in [0.05, 0.1) is 12.6 Å². The zero-order chi connectivity index (χ0) is 22.6. The van der Waals surface area contributed by atoms with E-state index in [4.69, 9.17) is 16.6 Å². The van der Waals surface area contributed by atoms with Gasteiger partial charge in [0.25, 0.3) is 0 Å². The van der Waals surface area contributed by atoms with Crippen molar-refractivity contribution in [2.24, 2.45) is 17.4 Å². The Kier molecular flexibility index (Phi) is 13.2. The summed E-state index contributed by atoms with van der Waals surface area (Å²) in [6, 6.07) is -4.47. The van der Waals surface area contributed by atoms with Crippen LogP contribution in [-0.2, 0) is 19.2 Å². The van der Waals surface area contributed by atoms with E-state index in [2.05, 4.69) is 28.6 Å². The number of unbranched alkanes of at least 4 members (excludes halogenated alkanes) is 1. The predicted molar refractivity (Wildman–Crippen MR) is 110 cm³/mol. The molecule has 0 aromatic carbocycles. The van der Waals surface area contributed by atoms with E-state index < -0.39 is 54.5 Å². The zero-order valence-electron chi connectivity index (χ0n) is 16.8. The van der Waals surface area contributed by atoms with Gasteiger partial charge in [-0.15, -0.1) is 0 Å². The first-order valence-corrected chi connectivity index (χ1v) is 10.0. The molecular weight excluding hydrogens is 402 g/mol. The Morgan fingerprint density at radius 1 is 0.931 bits per heavy atom. The third-order valence-corrected chi connectivity index (χ3v) is 4.58. The maximum atomic E-state index is 12.6. The molecule has 0 aromatic rings. The molecule has 168 valence electrons. The quantitative estimate of drug-likeness (QED) is 0.109. The molecule has 11 nitrogen and oxygen atoms in total. The van der Waals surface area contributed by atoms with Crippen molar-refractivity contribution in [1.29, 1.82) is 0 Å². The summed E-state index contributed by atoms with van der Waals surface area (Å²) >= 11 is 3.84. The fourth-order valence-electron chi connectivity index (χ4n) is 2.26. The summed E-state index contributed by atoms with van der Waals surface area (Å²) in [6.45, 7) is 3.18. The summed E-state index contributed by atoms with van der Waals surface area (Å²) in [5.41, 5.74) is 11.3. The lowest BCUT2D eigenvalue weighted by Crippen LogP contribution is -2.58. The summed E-state index contributed by atoms with van der Waals surface area (Å²) < 4.78 is 0. The van der Waals surface area contributed by atoms with Crippen LogP contribution in [-0.4, -0.2) is 77.0 Å². The highest BCUT2D eigenvalue weighted by molar-refractivity contribution is 7.80. The number of nitrogens with two attached hydrogens (primary N) is 2. The average Bonchev–Trinajstić information content (AvgIpc) is 2.67. The van der Waals surface area contributed by atoms with Gasteiger partial charge in [-0.2, -0.15) is 12.6 Å². The van der Waals surface area contributed by atoms with E-state index in [9.17, 15) is 24.3 Å². The number of hydrogen-bond acceptors (Lipinski definition) is 8. The van der Waals surface area contributed by atoms with Crippen LogP contribution < -0.4 is 27.4 Å². The number of rotatable bonds is 14. The lowest BCUT2D eigenvalue weighted by molar-refractivity contribution is -0.142. The number of carbonyl (C=O) groups excluding carboxylic acids is 3. The molecule has 12 heteroatoms. The number of hydrogen-bond donors (Lipinski definition) is 8. The first kappa shape index (κ1) is 27.1. The lowest BCUT2D eigenvalue weighted by Gasteiger charge is -2.24. The second kappa shape index (κ2) is 14.1. The monoisotopic (exact) mass is 435 g/mol. The van der Waals surface area contributed by atoms with Crippen molar-refractivity contribution in [1.82, 2.24) is 16.0 Å². The summed E-state index contributed by atoms with van der Waals surface area (Å²) in [5.74, 6) is -3.71. The Morgan fingerprint density at radius 2 is 1.45 bits per heavy atom. The minimum absolute atomic E-state index is 0.145. The van der Waals surface area contributed by atoms with Gasteiger partial charge in [-0.25, -0.2) is 4.79 Å². The lowest BCUT2D eigenvalue weighted by atomic mass is 10.0. The van der Waals surface area contributed by atoms with Crippen molar-refractivity contribution >= 4 is 36.3 Å². The molecule has 0 bridgehead atoms. The van der Waals surface area contributed by atoms with Crippen molar-refractivity contribution in [2.45, 2.75) is 57.3 Å². The molecule has 0 fully saturated rings. The van der Waals surface area contributed by atoms with Crippen molar-refractivity contribution in [3.05, 3.63) is 0 Å². The first-order valence-electron chi connectivity index (χ1n) is 9.40. The van der Waals surface area contributed by atoms with Crippen LogP contribution >= 0.6 is 12.6 Å². The number of carboxylic acids is 1. The summed E-state index contributed by atoms with van der Waals surface area (Å²) in [4.78, 5) is 48.0. The fraction of sp³-hybridized carbons (Fsp3) is 0.765. The minimum Gasteiger partial charge on any atom is -0.480 e. The molecule has 0 aliphatic rings. The van der Waals surface area contributed by atoms with Crippen LogP contribution in [0.4, 0.5) is 0 Å². The first-order chi connectivity index (χ1) is 13.6. The Bertz CT molecular complexity index is 562. The SMILES string of the molecule is CC(C)C(N)C(=O)NC(CCCCN)C(=O)NC(CO)C(=O)NC(CS)C(=O)O. The normalized spacial score (nSPS) is 15.1. The van der Waals surface area contributed by atoms with Crippen LogP contribution in [0.3, 0.4) is 0 Å². The van der Waals surface area contributed by atoms with E-state index in [1.165, 1.54) is 0 Å². The van der Waals surface area contributed by atoms with Gasteiger partial charge in [0, 0.05) is 5.75 Å². The summed E-state index contributed by atoms with van der Waals surface area (Å²) in [7, 11) is 0. The molecular formula is C17H33N5O6S. The van der Waals surface area contributed by atoms with Crippen molar-refractivity contribution in [2.75, 3.05) is 18.9 Å². The second-order valence-corrected chi connectivity index (χ2v) is 7.31. The largest absolute Gasteiger partial charge is 0.480 e. The second-order valence-electron chi connectivity index (χ2n) is 6.94. The molecule has 4 unspecified atom stereocenters. The van der Waals surface area contributed by atoms with Crippen LogP contribution in [0.1, 0.15) is 33.1 Å². The third-order valence-electron chi connectivity index (χ3n) is 4.21. The molecule has 0 aliphatic carbocycles. The van der Waals surface area contributed by atoms with Crippen LogP contribution in [0.5, 0.6) is 0 Å². The Labute approximate surface area is 175 Å². The number of thiol groups is 1. The Morgan fingerprint density at radius 3 is 1.90 bits per heavy atom. The van der Waals surface area contributed by atoms with Gasteiger partial charge in [-0.05, 0) is 31.7 Å². The fourth-order valence-corrected chi connectivity index (χ4v) is 2.50. The van der Waals surface area contributed by atoms with Crippen molar-refractivity contribution in [3.63, 3.8) is 0 Å². The predicted octanol–water partition coefficient (Wildman–Crippen LogP) is -2.44. The molecule has 0 radical (unpaired) electrons. The topological polar surface area (TPSA) is 197 Å². The van der Waals surface area contributed by atoms with Crippen molar-refractivity contribution in [3.8, 4) is 0 Å². The van der Waals surface area contributed by atoms with Gasteiger partial charge in [-0.1, -0.05) is 13.8 Å². The molecule has 0 aromatic heterocycles.